The van der Waals surface area contributed by atoms with E-state index in [4.69, 9.17) is 0 Å². The first kappa shape index (κ1) is 16.2. The highest BCUT2D eigenvalue weighted by Crippen LogP contribution is 2.28. The first-order valence-corrected chi connectivity index (χ1v) is 7.05. The lowest BCUT2D eigenvalue weighted by Gasteiger charge is -2.36. The summed E-state index contributed by atoms with van der Waals surface area (Å²) in [7, 11) is 0. The summed E-state index contributed by atoms with van der Waals surface area (Å²) in [5.74, 6) is 0. The number of aliphatic hydroxyl groups is 1. The average molecular weight is 263 g/mol. The van der Waals surface area contributed by atoms with Crippen LogP contribution in [0.5, 0.6) is 0 Å². The maximum Gasteiger partial charge on any atom is 0.0992 e. The van der Waals surface area contributed by atoms with Crippen molar-refractivity contribution in [2.75, 3.05) is 6.54 Å². The Balaban J connectivity index is 2.65. The number of hydrogen-bond acceptors (Lipinski definition) is 2. The molecule has 0 aliphatic rings. The molecule has 0 aliphatic heterocycles. The van der Waals surface area contributed by atoms with Crippen LogP contribution in [0.25, 0.3) is 0 Å². The fraction of sp³-hybridized carbons (Fsp3) is 0.647. The highest BCUT2D eigenvalue weighted by atomic mass is 16.3. The van der Waals surface area contributed by atoms with Crippen molar-refractivity contribution in [3.8, 4) is 0 Å². The molecule has 0 saturated heterocycles. The van der Waals surface area contributed by atoms with Gasteiger partial charge in [0.2, 0.25) is 0 Å². The predicted molar refractivity (Wildman–Crippen MR) is 82.2 cm³/mol. The molecule has 1 rings (SSSR count). The van der Waals surface area contributed by atoms with Crippen LogP contribution in [-0.4, -0.2) is 17.2 Å². The smallest absolute Gasteiger partial charge is 0.0992 e. The zero-order valence-corrected chi connectivity index (χ0v) is 13.2. The van der Waals surface area contributed by atoms with Crippen molar-refractivity contribution < 1.29 is 5.11 Å². The summed E-state index contributed by atoms with van der Waals surface area (Å²) in [6.07, 6.45) is 1.06. The number of benzene rings is 1. The highest BCUT2D eigenvalue weighted by Gasteiger charge is 2.29. The van der Waals surface area contributed by atoms with E-state index in [-0.39, 0.29) is 11.0 Å². The third kappa shape index (κ3) is 5.75. The fourth-order valence-corrected chi connectivity index (χ4v) is 2.70. The fourth-order valence-electron chi connectivity index (χ4n) is 2.70. The molecule has 0 bridgehead atoms. The lowest BCUT2D eigenvalue weighted by molar-refractivity contribution is 0.0455. The van der Waals surface area contributed by atoms with E-state index in [2.05, 4.69) is 39.9 Å². The molecular formula is C17H29NO. The quantitative estimate of drug-likeness (QED) is 0.849. The van der Waals surface area contributed by atoms with Crippen LogP contribution in [0.1, 0.15) is 53.5 Å². The molecule has 108 valence electrons. The summed E-state index contributed by atoms with van der Waals surface area (Å²) in [6.45, 7) is 13.5. The predicted octanol–water partition coefficient (Wildman–Crippen LogP) is 3.70. The van der Waals surface area contributed by atoms with E-state index >= 15 is 0 Å². The van der Waals surface area contributed by atoms with E-state index in [1.165, 1.54) is 0 Å². The Morgan fingerprint density at radius 1 is 0.947 bits per heavy atom. The van der Waals surface area contributed by atoms with Gasteiger partial charge in [0.25, 0.3) is 0 Å². The minimum absolute atomic E-state index is 0.0109. The van der Waals surface area contributed by atoms with Crippen LogP contribution in [0.4, 0.5) is 0 Å². The molecule has 0 spiro atoms. The first-order chi connectivity index (χ1) is 8.52. The largest absolute Gasteiger partial charge is 0.384 e. The molecule has 1 atom stereocenters. The lowest BCUT2D eigenvalue weighted by atomic mass is 9.81. The standard InChI is InChI=1S/C17H29NO/c1-15(2,3)12-16(4,5)18-13-17(6,19)14-10-8-7-9-11-14/h7-11,18-19H,12-13H2,1-6H3. The van der Waals surface area contributed by atoms with Crippen LogP contribution >= 0.6 is 0 Å². The van der Waals surface area contributed by atoms with Crippen molar-refractivity contribution >= 4 is 0 Å². The van der Waals surface area contributed by atoms with Crippen LogP contribution in [0, 0.1) is 5.41 Å². The van der Waals surface area contributed by atoms with Crippen LogP contribution in [-0.2, 0) is 5.60 Å². The van der Waals surface area contributed by atoms with Gasteiger partial charge in [0.1, 0.15) is 0 Å². The highest BCUT2D eigenvalue weighted by molar-refractivity contribution is 5.21. The lowest BCUT2D eigenvalue weighted by Crippen LogP contribution is -2.48. The van der Waals surface area contributed by atoms with E-state index in [0.717, 1.165) is 12.0 Å². The first-order valence-electron chi connectivity index (χ1n) is 7.05. The molecule has 2 nitrogen and oxygen atoms in total. The van der Waals surface area contributed by atoms with Crippen LogP contribution < -0.4 is 5.32 Å². The molecule has 0 saturated carbocycles. The molecule has 1 aromatic carbocycles. The minimum Gasteiger partial charge on any atom is -0.384 e. The Labute approximate surface area is 118 Å². The van der Waals surface area contributed by atoms with Gasteiger partial charge < -0.3 is 10.4 Å². The summed E-state index contributed by atoms with van der Waals surface area (Å²) in [4.78, 5) is 0. The zero-order valence-electron chi connectivity index (χ0n) is 13.2. The van der Waals surface area contributed by atoms with Gasteiger partial charge >= 0.3 is 0 Å². The second kappa shape index (κ2) is 5.64. The summed E-state index contributed by atoms with van der Waals surface area (Å²) in [5.41, 5.74) is 0.400. The van der Waals surface area contributed by atoms with E-state index in [1.54, 1.807) is 0 Å². The molecular weight excluding hydrogens is 234 g/mol. The van der Waals surface area contributed by atoms with Crippen molar-refractivity contribution in [1.29, 1.82) is 0 Å². The molecule has 0 fully saturated rings. The molecule has 0 heterocycles. The third-order valence-electron chi connectivity index (χ3n) is 3.28. The molecule has 0 amide bonds. The van der Waals surface area contributed by atoms with Gasteiger partial charge in [0.15, 0.2) is 0 Å². The van der Waals surface area contributed by atoms with E-state index in [0.29, 0.717) is 6.54 Å². The summed E-state index contributed by atoms with van der Waals surface area (Å²) < 4.78 is 0. The van der Waals surface area contributed by atoms with Crippen LogP contribution in [0.3, 0.4) is 0 Å². The average Bonchev–Trinajstić information content (AvgIpc) is 2.25. The van der Waals surface area contributed by atoms with Gasteiger partial charge in [-0.1, -0.05) is 51.1 Å². The van der Waals surface area contributed by atoms with Gasteiger partial charge in [-0.3, -0.25) is 0 Å². The third-order valence-corrected chi connectivity index (χ3v) is 3.28. The summed E-state index contributed by atoms with van der Waals surface area (Å²) >= 11 is 0. The normalized spacial score (nSPS) is 16.2. The Hall–Kier alpha value is -0.860. The topological polar surface area (TPSA) is 32.3 Å². The molecule has 19 heavy (non-hydrogen) atoms. The summed E-state index contributed by atoms with van der Waals surface area (Å²) in [6, 6.07) is 9.83. The Morgan fingerprint density at radius 2 is 1.47 bits per heavy atom. The second-order valence-corrected chi connectivity index (χ2v) is 7.61. The van der Waals surface area contributed by atoms with Crippen molar-refractivity contribution in [2.45, 2.75) is 59.1 Å². The monoisotopic (exact) mass is 263 g/mol. The molecule has 2 N–H and O–H groups in total. The molecule has 0 radical (unpaired) electrons. The van der Waals surface area contributed by atoms with Crippen molar-refractivity contribution in [3.05, 3.63) is 35.9 Å². The van der Waals surface area contributed by atoms with Crippen LogP contribution in [0.2, 0.25) is 0 Å². The van der Waals surface area contributed by atoms with Crippen molar-refractivity contribution in [2.24, 2.45) is 5.41 Å². The molecule has 0 aromatic heterocycles. The van der Waals surface area contributed by atoms with E-state index in [1.807, 2.05) is 37.3 Å². The minimum atomic E-state index is -0.837. The van der Waals surface area contributed by atoms with Gasteiger partial charge in [0, 0.05) is 12.1 Å². The molecule has 1 aromatic rings. The van der Waals surface area contributed by atoms with Crippen molar-refractivity contribution in [3.63, 3.8) is 0 Å². The second-order valence-electron chi connectivity index (χ2n) is 7.61. The van der Waals surface area contributed by atoms with Gasteiger partial charge in [0.05, 0.1) is 5.60 Å². The number of β-amino-alcohol motifs (C(OH)–C–C–N with tert-alkyl or cyclic N) is 1. The maximum absolute atomic E-state index is 10.6. The van der Waals surface area contributed by atoms with Gasteiger partial charge in [-0.25, -0.2) is 0 Å². The Kier molecular flexibility index (Phi) is 4.81. The van der Waals surface area contributed by atoms with Crippen molar-refractivity contribution in [1.82, 2.24) is 5.32 Å². The molecule has 2 heteroatoms. The zero-order chi connectivity index (χ0) is 14.7. The summed E-state index contributed by atoms with van der Waals surface area (Å²) in [5, 5.41) is 14.1. The molecule has 1 unspecified atom stereocenters. The SMILES string of the molecule is CC(C)(C)CC(C)(C)NCC(C)(O)c1ccccc1. The van der Waals surface area contributed by atoms with Gasteiger partial charge in [-0.05, 0) is 38.2 Å². The van der Waals surface area contributed by atoms with E-state index in [9.17, 15) is 5.11 Å². The number of hydrogen-bond donors (Lipinski definition) is 2. The number of rotatable bonds is 5. The van der Waals surface area contributed by atoms with Crippen LogP contribution in [0.15, 0.2) is 30.3 Å². The molecule has 0 aliphatic carbocycles. The van der Waals surface area contributed by atoms with Gasteiger partial charge in [-0.15, -0.1) is 0 Å². The maximum atomic E-state index is 10.6. The Morgan fingerprint density at radius 3 is 1.95 bits per heavy atom. The Bertz CT molecular complexity index is 387. The van der Waals surface area contributed by atoms with Gasteiger partial charge in [-0.2, -0.15) is 0 Å². The number of nitrogens with one attached hydrogen (secondary N) is 1. The van der Waals surface area contributed by atoms with E-state index < -0.39 is 5.60 Å².